The molecule has 94 valence electrons. The lowest BCUT2D eigenvalue weighted by atomic mass is 10.1. The molecule has 0 heterocycles. The molecule has 0 bridgehead atoms. The number of carbonyl (C=O) groups excluding carboxylic acids is 1. The van der Waals surface area contributed by atoms with Crippen molar-refractivity contribution in [2.75, 3.05) is 5.88 Å². The minimum absolute atomic E-state index is 0.238. The third-order valence-electron chi connectivity index (χ3n) is 1.97. The fourth-order valence-electron chi connectivity index (χ4n) is 1.13. The molecule has 0 radical (unpaired) electrons. The van der Waals surface area contributed by atoms with E-state index in [9.17, 15) is 22.4 Å². The van der Waals surface area contributed by atoms with Crippen molar-refractivity contribution >= 4 is 17.5 Å². The Morgan fingerprint density at radius 2 is 2.00 bits per heavy atom. The summed E-state index contributed by atoms with van der Waals surface area (Å²) in [4.78, 5) is 10.8. The van der Waals surface area contributed by atoms with Gasteiger partial charge < -0.3 is 5.32 Å². The molecule has 0 saturated carbocycles. The normalized spacial score (nSPS) is 11.4. The highest BCUT2D eigenvalue weighted by molar-refractivity contribution is 6.27. The molecule has 1 N–H and O–H groups in total. The molecule has 0 fully saturated rings. The van der Waals surface area contributed by atoms with Gasteiger partial charge in [0.05, 0.1) is 5.56 Å². The Balaban J connectivity index is 2.88. The molecule has 0 unspecified atom stereocenters. The van der Waals surface area contributed by atoms with E-state index in [1.807, 2.05) is 0 Å². The van der Waals surface area contributed by atoms with Gasteiger partial charge in [-0.15, -0.1) is 11.6 Å². The van der Waals surface area contributed by atoms with Crippen LogP contribution in [0.4, 0.5) is 17.6 Å². The number of hydrogen-bond donors (Lipinski definition) is 1. The molecular weight excluding hydrogens is 262 g/mol. The number of halogens is 5. The molecule has 0 aliphatic rings. The fourth-order valence-corrected chi connectivity index (χ4v) is 1.22. The van der Waals surface area contributed by atoms with E-state index in [2.05, 4.69) is 5.32 Å². The maximum atomic E-state index is 13.2. The standard InChI is InChI=1S/C10H8ClF4NO/c11-4-9(17)16-5-6-3-7(10(13,14)15)1-2-8(6)12/h1-3H,4-5H2,(H,16,17). The molecule has 7 heteroatoms. The van der Waals surface area contributed by atoms with Crippen LogP contribution in [-0.4, -0.2) is 11.8 Å². The monoisotopic (exact) mass is 269 g/mol. The van der Waals surface area contributed by atoms with Gasteiger partial charge in [0.1, 0.15) is 11.7 Å². The average molecular weight is 270 g/mol. The molecule has 0 spiro atoms. The van der Waals surface area contributed by atoms with Crippen LogP contribution in [0.15, 0.2) is 18.2 Å². The lowest BCUT2D eigenvalue weighted by Gasteiger charge is -2.10. The van der Waals surface area contributed by atoms with Crippen molar-refractivity contribution in [3.05, 3.63) is 35.1 Å². The van der Waals surface area contributed by atoms with Crippen molar-refractivity contribution in [3.63, 3.8) is 0 Å². The van der Waals surface area contributed by atoms with Crippen molar-refractivity contribution in [2.45, 2.75) is 12.7 Å². The SMILES string of the molecule is O=C(CCl)NCc1cc(C(F)(F)F)ccc1F. The second-order valence-electron chi connectivity index (χ2n) is 3.21. The van der Waals surface area contributed by atoms with Crippen LogP contribution in [0.3, 0.4) is 0 Å². The van der Waals surface area contributed by atoms with Crippen LogP contribution in [0.25, 0.3) is 0 Å². The van der Waals surface area contributed by atoms with Crippen molar-refractivity contribution in [1.82, 2.24) is 5.32 Å². The van der Waals surface area contributed by atoms with Crippen molar-refractivity contribution in [3.8, 4) is 0 Å². The van der Waals surface area contributed by atoms with Crippen LogP contribution in [0.1, 0.15) is 11.1 Å². The van der Waals surface area contributed by atoms with Crippen LogP contribution in [0, 0.1) is 5.82 Å². The lowest BCUT2D eigenvalue weighted by molar-refractivity contribution is -0.137. The number of rotatable bonds is 3. The zero-order chi connectivity index (χ0) is 13.1. The van der Waals surface area contributed by atoms with E-state index in [0.717, 1.165) is 0 Å². The van der Waals surface area contributed by atoms with E-state index >= 15 is 0 Å². The summed E-state index contributed by atoms with van der Waals surface area (Å²) in [6.07, 6.45) is -4.54. The molecule has 2 nitrogen and oxygen atoms in total. The average Bonchev–Trinajstić information content (AvgIpc) is 2.26. The second kappa shape index (κ2) is 5.35. The van der Waals surface area contributed by atoms with Gasteiger partial charge in [-0.2, -0.15) is 13.2 Å². The zero-order valence-corrected chi connectivity index (χ0v) is 9.20. The number of hydrogen-bond acceptors (Lipinski definition) is 1. The molecule has 0 aliphatic carbocycles. The summed E-state index contributed by atoms with van der Waals surface area (Å²) in [6, 6.07) is 2.01. The Morgan fingerprint density at radius 1 is 1.35 bits per heavy atom. The number of nitrogens with one attached hydrogen (secondary N) is 1. The van der Waals surface area contributed by atoms with E-state index in [0.29, 0.717) is 18.2 Å². The molecule has 0 atom stereocenters. The minimum atomic E-state index is -4.54. The van der Waals surface area contributed by atoms with Gasteiger partial charge in [0.25, 0.3) is 0 Å². The quantitative estimate of drug-likeness (QED) is 0.663. The molecule has 17 heavy (non-hydrogen) atoms. The van der Waals surface area contributed by atoms with E-state index in [1.165, 1.54) is 0 Å². The smallest absolute Gasteiger partial charge is 0.351 e. The Bertz CT molecular complexity index is 419. The minimum Gasteiger partial charge on any atom is -0.351 e. The molecule has 1 amide bonds. The first-order valence-electron chi connectivity index (χ1n) is 4.53. The van der Waals surface area contributed by atoms with Crippen LogP contribution in [0.2, 0.25) is 0 Å². The zero-order valence-electron chi connectivity index (χ0n) is 8.44. The maximum absolute atomic E-state index is 13.2. The van der Waals surface area contributed by atoms with Gasteiger partial charge in [-0.25, -0.2) is 4.39 Å². The predicted octanol–water partition coefficient (Wildman–Crippen LogP) is 2.70. The largest absolute Gasteiger partial charge is 0.416 e. The summed E-state index contributed by atoms with van der Waals surface area (Å²) in [5.41, 5.74) is -1.20. The third kappa shape index (κ3) is 3.89. The Hall–Kier alpha value is -1.30. The second-order valence-corrected chi connectivity index (χ2v) is 3.48. The van der Waals surface area contributed by atoms with E-state index in [1.54, 1.807) is 0 Å². The van der Waals surface area contributed by atoms with Crippen LogP contribution < -0.4 is 5.32 Å². The van der Waals surface area contributed by atoms with E-state index in [4.69, 9.17) is 11.6 Å². The van der Waals surface area contributed by atoms with Gasteiger partial charge in [-0.3, -0.25) is 4.79 Å². The van der Waals surface area contributed by atoms with Gasteiger partial charge in [0.2, 0.25) is 5.91 Å². The first-order valence-corrected chi connectivity index (χ1v) is 5.06. The summed E-state index contributed by atoms with van der Waals surface area (Å²) < 4.78 is 50.2. The van der Waals surface area contributed by atoms with Crippen molar-refractivity contribution in [1.29, 1.82) is 0 Å². The summed E-state index contributed by atoms with van der Waals surface area (Å²) in [6.45, 7) is -0.332. The van der Waals surface area contributed by atoms with Crippen LogP contribution in [0.5, 0.6) is 0 Å². The highest BCUT2D eigenvalue weighted by Crippen LogP contribution is 2.30. The lowest BCUT2D eigenvalue weighted by Crippen LogP contribution is -2.24. The summed E-state index contributed by atoms with van der Waals surface area (Å²) in [5, 5.41) is 2.19. The van der Waals surface area contributed by atoms with Gasteiger partial charge in [-0.05, 0) is 18.2 Å². The van der Waals surface area contributed by atoms with E-state index in [-0.39, 0.29) is 18.0 Å². The fraction of sp³-hybridized carbons (Fsp3) is 0.300. The highest BCUT2D eigenvalue weighted by atomic mass is 35.5. The molecule has 0 saturated heterocycles. The first-order chi connectivity index (χ1) is 7.84. The molecule has 1 aromatic rings. The molecule has 1 rings (SSSR count). The summed E-state index contributed by atoms with van der Waals surface area (Å²) in [5.74, 6) is -1.73. The Labute approximate surface area is 99.6 Å². The Kier molecular flexibility index (Phi) is 4.34. The molecule has 0 aromatic heterocycles. The van der Waals surface area contributed by atoms with Gasteiger partial charge >= 0.3 is 6.18 Å². The van der Waals surface area contributed by atoms with Gasteiger partial charge in [0, 0.05) is 12.1 Å². The number of alkyl halides is 4. The predicted molar refractivity (Wildman–Crippen MR) is 54.0 cm³/mol. The molecular formula is C10H8ClF4NO. The van der Waals surface area contributed by atoms with E-state index < -0.39 is 23.5 Å². The maximum Gasteiger partial charge on any atom is 0.416 e. The van der Waals surface area contributed by atoms with Crippen LogP contribution in [-0.2, 0) is 17.5 Å². The topological polar surface area (TPSA) is 29.1 Å². The Morgan fingerprint density at radius 3 is 2.53 bits per heavy atom. The number of amides is 1. The third-order valence-corrected chi connectivity index (χ3v) is 2.21. The molecule has 1 aromatic carbocycles. The van der Waals surface area contributed by atoms with Gasteiger partial charge in [0.15, 0.2) is 0 Å². The summed E-state index contributed by atoms with van der Waals surface area (Å²) >= 11 is 5.18. The van der Waals surface area contributed by atoms with Crippen LogP contribution >= 0.6 is 11.6 Å². The number of benzene rings is 1. The first kappa shape index (κ1) is 13.8. The van der Waals surface area contributed by atoms with Crippen molar-refractivity contribution < 1.29 is 22.4 Å². The molecule has 0 aliphatic heterocycles. The summed E-state index contributed by atoms with van der Waals surface area (Å²) in [7, 11) is 0. The van der Waals surface area contributed by atoms with Gasteiger partial charge in [-0.1, -0.05) is 0 Å². The highest BCUT2D eigenvalue weighted by Gasteiger charge is 2.31. The van der Waals surface area contributed by atoms with Crippen molar-refractivity contribution in [2.24, 2.45) is 0 Å². The number of carbonyl (C=O) groups is 1.